The quantitative estimate of drug-likeness (QED) is 0.270. The Hall–Kier alpha value is -3.93. The lowest BCUT2D eigenvalue weighted by atomic mass is 10.1. The molecule has 11 heteroatoms. The molecule has 0 aliphatic carbocycles. The lowest BCUT2D eigenvalue weighted by Crippen LogP contribution is -2.26. The van der Waals surface area contributed by atoms with Crippen LogP contribution in [0.3, 0.4) is 0 Å². The number of aromatic nitrogens is 1. The van der Waals surface area contributed by atoms with Gasteiger partial charge in [-0.05, 0) is 29.8 Å². The largest absolute Gasteiger partial charge is 0.298 e. The first-order chi connectivity index (χ1) is 16.7. The molecule has 178 valence electrons. The number of carbonyl (C=O) groups excluding carboxylic acids is 1. The predicted octanol–water partition coefficient (Wildman–Crippen LogP) is 4.79. The minimum atomic E-state index is -3.73. The van der Waals surface area contributed by atoms with Gasteiger partial charge in [-0.1, -0.05) is 42.5 Å². The Morgan fingerprint density at radius 3 is 2.46 bits per heavy atom. The predicted molar refractivity (Wildman–Crippen MR) is 134 cm³/mol. The van der Waals surface area contributed by atoms with Crippen LogP contribution in [0.1, 0.15) is 15.9 Å². The van der Waals surface area contributed by atoms with Gasteiger partial charge in [0, 0.05) is 42.2 Å². The van der Waals surface area contributed by atoms with Gasteiger partial charge in [-0.3, -0.25) is 20.2 Å². The van der Waals surface area contributed by atoms with Crippen LogP contribution in [0.2, 0.25) is 0 Å². The molecular formula is C24H20N4O5S2. The molecule has 0 atom stereocenters. The van der Waals surface area contributed by atoms with Gasteiger partial charge < -0.3 is 0 Å². The molecule has 0 spiro atoms. The minimum Gasteiger partial charge on any atom is -0.298 e. The molecule has 9 nitrogen and oxygen atoms in total. The zero-order valence-corrected chi connectivity index (χ0v) is 20.1. The van der Waals surface area contributed by atoms with Gasteiger partial charge in [0.2, 0.25) is 10.0 Å². The number of hydrogen-bond acceptors (Lipinski definition) is 7. The standard InChI is InChI=1S/C24H20N4O5S2/c1-27(15-17-6-3-2-4-7-17)35(32,33)21-12-10-18(11-13-21)23(29)26-24-25-22(16-34-24)19-8-5-9-20(14-19)28(30)31/h2-14,16H,15H2,1H3,(H,25,26,29). The molecule has 1 heterocycles. The third kappa shape index (κ3) is 5.60. The molecule has 0 fully saturated rings. The number of anilines is 1. The number of nitrogens with zero attached hydrogens (tertiary/aromatic N) is 3. The summed E-state index contributed by atoms with van der Waals surface area (Å²) in [6, 6.07) is 21.0. The molecule has 4 rings (SSSR count). The van der Waals surface area contributed by atoms with E-state index in [1.54, 1.807) is 17.5 Å². The molecule has 0 unspecified atom stereocenters. The van der Waals surface area contributed by atoms with E-state index in [1.807, 2.05) is 30.3 Å². The van der Waals surface area contributed by atoms with Gasteiger partial charge in [-0.2, -0.15) is 4.31 Å². The summed E-state index contributed by atoms with van der Waals surface area (Å²) in [6.45, 7) is 0.225. The van der Waals surface area contributed by atoms with Crippen molar-refractivity contribution in [2.24, 2.45) is 0 Å². The van der Waals surface area contributed by atoms with E-state index in [4.69, 9.17) is 0 Å². The van der Waals surface area contributed by atoms with Crippen molar-refractivity contribution in [1.29, 1.82) is 0 Å². The zero-order chi connectivity index (χ0) is 25.0. The van der Waals surface area contributed by atoms with Crippen LogP contribution in [0.5, 0.6) is 0 Å². The maximum atomic E-state index is 12.9. The smallest absolute Gasteiger partial charge is 0.270 e. The first-order valence-electron chi connectivity index (χ1n) is 10.4. The topological polar surface area (TPSA) is 123 Å². The van der Waals surface area contributed by atoms with Gasteiger partial charge in [0.15, 0.2) is 5.13 Å². The lowest BCUT2D eigenvalue weighted by Gasteiger charge is -2.17. The normalized spacial score (nSPS) is 11.4. The number of nitro groups is 1. The number of rotatable bonds is 8. The van der Waals surface area contributed by atoms with Crippen molar-refractivity contribution in [1.82, 2.24) is 9.29 Å². The fourth-order valence-corrected chi connectivity index (χ4v) is 5.17. The Labute approximate surface area is 205 Å². The Bertz CT molecular complexity index is 1470. The summed E-state index contributed by atoms with van der Waals surface area (Å²) in [4.78, 5) is 27.6. The number of thiazole rings is 1. The number of benzene rings is 3. The fourth-order valence-electron chi connectivity index (χ4n) is 3.30. The molecule has 3 aromatic carbocycles. The van der Waals surface area contributed by atoms with Crippen molar-refractivity contribution in [2.75, 3.05) is 12.4 Å². The third-order valence-electron chi connectivity index (χ3n) is 5.15. The molecule has 0 saturated carbocycles. The molecule has 0 aliphatic rings. The summed E-state index contributed by atoms with van der Waals surface area (Å²) in [5.41, 5.74) is 2.14. The van der Waals surface area contributed by atoms with Crippen molar-refractivity contribution in [3.05, 3.63) is 105 Å². The van der Waals surface area contributed by atoms with Gasteiger partial charge in [-0.15, -0.1) is 11.3 Å². The van der Waals surface area contributed by atoms with Crippen LogP contribution in [0, 0.1) is 10.1 Å². The Balaban J connectivity index is 1.44. The van der Waals surface area contributed by atoms with Crippen molar-refractivity contribution in [2.45, 2.75) is 11.4 Å². The molecule has 35 heavy (non-hydrogen) atoms. The fraction of sp³-hybridized carbons (Fsp3) is 0.0833. The molecular weight excluding hydrogens is 488 g/mol. The van der Waals surface area contributed by atoms with Crippen LogP contribution in [0.4, 0.5) is 10.8 Å². The Kier molecular flexibility index (Phi) is 7.01. The van der Waals surface area contributed by atoms with E-state index in [0.717, 1.165) is 5.56 Å². The molecule has 0 radical (unpaired) electrons. The number of nitrogens with one attached hydrogen (secondary N) is 1. The van der Waals surface area contributed by atoms with Crippen LogP contribution in [-0.2, 0) is 16.6 Å². The van der Waals surface area contributed by atoms with Gasteiger partial charge in [-0.25, -0.2) is 13.4 Å². The monoisotopic (exact) mass is 508 g/mol. The first kappa shape index (κ1) is 24.2. The number of amides is 1. The summed E-state index contributed by atoms with van der Waals surface area (Å²) in [6.07, 6.45) is 0. The van der Waals surface area contributed by atoms with E-state index in [0.29, 0.717) is 16.4 Å². The SMILES string of the molecule is CN(Cc1ccccc1)S(=O)(=O)c1ccc(C(=O)Nc2nc(-c3cccc([N+](=O)[O-])c3)cs2)cc1. The molecule has 0 bridgehead atoms. The number of hydrogen-bond donors (Lipinski definition) is 1. The van der Waals surface area contributed by atoms with Crippen molar-refractivity contribution in [3.63, 3.8) is 0 Å². The molecule has 1 amide bonds. The van der Waals surface area contributed by atoms with Crippen LogP contribution in [0.25, 0.3) is 11.3 Å². The maximum absolute atomic E-state index is 12.9. The van der Waals surface area contributed by atoms with Crippen molar-refractivity contribution < 1.29 is 18.1 Å². The summed E-state index contributed by atoms with van der Waals surface area (Å²) >= 11 is 1.18. The summed E-state index contributed by atoms with van der Waals surface area (Å²) in [7, 11) is -2.23. The van der Waals surface area contributed by atoms with Crippen molar-refractivity contribution >= 4 is 38.1 Å². The molecule has 1 aromatic heterocycles. The van der Waals surface area contributed by atoms with E-state index >= 15 is 0 Å². The number of carbonyl (C=O) groups is 1. The first-order valence-corrected chi connectivity index (χ1v) is 12.7. The van der Waals surface area contributed by atoms with E-state index in [-0.39, 0.29) is 22.7 Å². The highest BCUT2D eigenvalue weighted by molar-refractivity contribution is 7.89. The minimum absolute atomic E-state index is 0.0504. The second-order valence-electron chi connectivity index (χ2n) is 7.57. The van der Waals surface area contributed by atoms with E-state index < -0.39 is 20.9 Å². The van der Waals surface area contributed by atoms with E-state index in [2.05, 4.69) is 10.3 Å². The number of non-ortho nitro benzene ring substituents is 1. The Morgan fingerprint density at radius 2 is 1.77 bits per heavy atom. The molecule has 0 aliphatic heterocycles. The van der Waals surface area contributed by atoms with Gasteiger partial charge in [0.1, 0.15) is 0 Å². The average Bonchev–Trinajstić information content (AvgIpc) is 3.33. The highest BCUT2D eigenvalue weighted by Gasteiger charge is 2.21. The van der Waals surface area contributed by atoms with Gasteiger partial charge in [0.05, 0.1) is 15.5 Å². The highest BCUT2D eigenvalue weighted by Crippen LogP contribution is 2.28. The summed E-state index contributed by atoms with van der Waals surface area (Å²) in [5.74, 6) is -0.452. The van der Waals surface area contributed by atoms with E-state index in [9.17, 15) is 23.3 Å². The van der Waals surface area contributed by atoms with E-state index in [1.165, 1.54) is 59.1 Å². The summed E-state index contributed by atoms with van der Waals surface area (Å²) in [5, 5.41) is 15.7. The zero-order valence-electron chi connectivity index (χ0n) is 18.5. The lowest BCUT2D eigenvalue weighted by molar-refractivity contribution is -0.384. The number of nitro benzene ring substituents is 1. The van der Waals surface area contributed by atoms with Gasteiger partial charge >= 0.3 is 0 Å². The molecule has 1 N–H and O–H groups in total. The van der Waals surface area contributed by atoms with Crippen LogP contribution in [0.15, 0.2) is 89.1 Å². The van der Waals surface area contributed by atoms with Crippen LogP contribution < -0.4 is 5.32 Å². The second kappa shape index (κ2) is 10.1. The Morgan fingerprint density at radius 1 is 1.06 bits per heavy atom. The third-order valence-corrected chi connectivity index (χ3v) is 7.73. The van der Waals surface area contributed by atoms with Crippen LogP contribution >= 0.6 is 11.3 Å². The second-order valence-corrected chi connectivity index (χ2v) is 10.5. The molecule has 4 aromatic rings. The molecule has 0 saturated heterocycles. The van der Waals surface area contributed by atoms with Crippen LogP contribution in [-0.4, -0.2) is 35.6 Å². The average molecular weight is 509 g/mol. The summed E-state index contributed by atoms with van der Waals surface area (Å²) < 4.78 is 27.0. The maximum Gasteiger partial charge on any atom is 0.270 e. The highest BCUT2D eigenvalue weighted by atomic mass is 32.2. The van der Waals surface area contributed by atoms with Gasteiger partial charge in [0.25, 0.3) is 11.6 Å². The van der Waals surface area contributed by atoms with Crippen molar-refractivity contribution in [3.8, 4) is 11.3 Å². The number of sulfonamides is 1.